The molecule has 0 bridgehead atoms. The van der Waals surface area contributed by atoms with Crippen LogP contribution in [-0.4, -0.2) is 33.2 Å². The molecule has 7 heteroatoms. The fourth-order valence-electron chi connectivity index (χ4n) is 1.83. The van der Waals surface area contributed by atoms with Crippen LogP contribution in [0.2, 0.25) is 0 Å². The number of anilines is 1. The van der Waals surface area contributed by atoms with Crippen molar-refractivity contribution in [2.45, 2.75) is 13.0 Å². The maximum atomic E-state index is 11.7. The van der Waals surface area contributed by atoms with Gasteiger partial charge in [-0.05, 0) is 18.6 Å². The normalized spacial score (nSPS) is 10.1. The van der Waals surface area contributed by atoms with Crippen molar-refractivity contribution in [2.24, 2.45) is 0 Å². The van der Waals surface area contributed by atoms with Crippen LogP contribution in [0.5, 0.6) is 0 Å². The number of amides is 2. The Morgan fingerprint density at radius 3 is 2.81 bits per heavy atom. The number of nitrogens with one attached hydrogen (secondary N) is 2. The Morgan fingerprint density at radius 2 is 2.10 bits per heavy atom. The van der Waals surface area contributed by atoms with Gasteiger partial charge >= 0.3 is 12.0 Å². The number of carboxylic acid groups (broad SMARTS) is 1. The first-order valence-corrected chi connectivity index (χ1v) is 6.50. The number of aryl methyl sites for hydroxylation is 1. The number of hydrogen-bond donors (Lipinski definition) is 3. The number of urea groups is 1. The number of hydrogen-bond acceptors (Lipinski definition) is 3. The molecular formula is C14H16N4O3. The molecule has 21 heavy (non-hydrogen) atoms. The highest BCUT2D eigenvalue weighted by molar-refractivity contribution is 5.99. The minimum Gasteiger partial charge on any atom is -0.478 e. The number of rotatable bonds is 6. The van der Waals surface area contributed by atoms with Crippen molar-refractivity contribution >= 4 is 17.7 Å². The van der Waals surface area contributed by atoms with Gasteiger partial charge in [-0.3, -0.25) is 0 Å². The second-order valence-corrected chi connectivity index (χ2v) is 4.39. The molecule has 0 aliphatic heterocycles. The average molecular weight is 288 g/mol. The summed E-state index contributed by atoms with van der Waals surface area (Å²) in [6.07, 6.45) is 6.01. The van der Waals surface area contributed by atoms with Gasteiger partial charge in [0.15, 0.2) is 0 Å². The maximum Gasteiger partial charge on any atom is 0.337 e. The van der Waals surface area contributed by atoms with Gasteiger partial charge in [-0.15, -0.1) is 0 Å². The predicted octanol–water partition coefficient (Wildman–Crippen LogP) is 1.79. The van der Waals surface area contributed by atoms with E-state index in [4.69, 9.17) is 5.11 Å². The van der Waals surface area contributed by atoms with Crippen LogP contribution >= 0.6 is 0 Å². The van der Waals surface area contributed by atoms with Gasteiger partial charge in [0.05, 0.1) is 17.6 Å². The standard InChI is InChI=1S/C14H16N4O3/c19-13(20)11-4-1-2-5-12(11)17-14(21)16-6-3-8-18-9-7-15-10-18/h1-2,4-5,7,9-10H,3,6,8H2,(H,19,20)(H2,16,17,21). The molecule has 2 amide bonds. The molecule has 2 aromatic rings. The van der Waals surface area contributed by atoms with E-state index >= 15 is 0 Å². The lowest BCUT2D eigenvalue weighted by atomic mass is 10.2. The van der Waals surface area contributed by atoms with Crippen molar-refractivity contribution in [3.63, 3.8) is 0 Å². The summed E-state index contributed by atoms with van der Waals surface area (Å²) < 4.78 is 1.92. The first-order valence-electron chi connectivity index (χ1n) is 6.50. The smallest absolute Gasteiger partial charge is 0.337 e. The van der Waals surface area contributed by atoms with E-state index in [2.05, 4.69) is 15.6 Å². The third kappa shape index (κ3) is 4.34. The van der Waals surface area contributed by atoms with Gasteiger partial charge in [-0.25, -0.2) is 14.6 Å². The summed E-state index contributed by atoms with van der Waals surface area (Å²) in [4.78, 5) is 26.7. The molecule has 2 rings (SSSR count). The highest BCUT2D eigenvalue weighted by Crippen LogP contribution is 2.14. The zero-order valence-corrected chi connectivity index (χ0v) is 11.3. The summed E-state index contributed by atoms with van der Waals surface area (Å²) in [5, 5.41) is 14.2. The van der Waals surface area contributed by atoms with E-state index in [9.17, 15) is 9.59 Å². The number of nitrogens with zero attached hydrogens (tertiary/aromatic N) is 2. The monoisotopic (exact) mass is 288 g/mol. The maximum absolute atomic E-state index is 11.7. The summed E-state index contributed by atoms with van der Waals surface area (Å²) in [6.45, 7) is 1.24. The summed E-state index contributed by atoms with van der Waals surface area (Å²) in [7, 11) is 0. The van der Waals surface area contributed by atoms with Crippen molar-refractivity contribution in [3.8, 4) is 0 Å². The zero-order chi connectivity index (χ0) is 15.1. The first-order chi connectivity index (χ1) is 10.2. The van der Waals surface area contributed by atoms with E-state index in [-0.39, 0.29) is 11.3 Å². The summed E-state index contributed by atoms with van der Waals surface area (Å²) in [5.41, 5.74) is 0.336. The molecule has 3 N–H and O–H groups in total. The first kappa shape index (κ1) is 14.6. The Hall–Kier alpha value is -2.83. The van der Waals surface area contributed by atoms with Crippen molar-refractivity contribution < 1.29 is 14.7 Å². The lowest BCUT2D eigenvalue weighted by Gasteiger charge is -2.09. The van der Waals surface area contributed by atoms with Gasteiger partial charge in [0.2, 0.25) is 0 Å². The van der Waals surface area contributed by atoms with Crippen LogP contribution in [0.15, 0.2) is 43.0 Å². The molecule has 7 nitrogen and oxygen atoms in total. The predicted molar refractivity (Wildman–Crippen MR) is 77.3 cm³/mol. The highest BCUT2D eigenvalue weighted by atomic mass is 16.4. The third-order valence-corrected chi connectivity index (χ3v) is 2.84. The van der Waals surface area contributed by atoms with Gasteiger partial charge < -0.3 is 20.3 Å². The Labute approximate surface area is 121 Å². The van der Waals surface area contributed by atoms with E-state index in [0.29, 0.717) is 6.54 Å². The summed E-state index contributed by atoms with van der Waals surface area (Å²) in [6, 6.07) is 5.85. The number of para-hydroxylation sites is 1. The highest BCUT2D eigenvalue weighted by Gasteiger charge is 2.10. The number of carbonyl (C=O) groups is 2. The molecule has 0 aliphatic rings. The lowest BCUT2D eigenvalue weighted by Crippen LogP contribution is -2.30. The second kappa shape index (κ2) is 7.09. The Morgan fingerprint density at radius 1 is 1.29 bits per heavy atom. The van der Waals surface area contributed by atoms with E-state index < -0.39 is 12.0 Å². The lowest BCUT2D eigenvalue weighted by molar-refractivity contribution is 0.0698. The summed E-state index contributed by atoms with van der Waals surface area (Å²) in [5.74, 6) is -1.08. The molecule has 0 atom stereocenters. The van der Waals surface area contributed by atoms with E-state index in [1.54, 1.807) is 30.7 Å². The number of benzene rings is 1. The third-order valence-electron chi connectivity index (χ3n) is 2.84. The van der Waals surface area contributed by atoms with Crippen LogP contribution in [-0.2, 0) is 6.54 Å². The van der Waals surface area contributed by atoms with E-state index in [1.165, 1.54) is 6.07 Å². The van der Waals surface area contributed by atoms with Crippen molar-refractivity contribution in [1.29, 1.82) is 0 Å². The number of carboxylic acids is 1. The van der Waals surface area contributed by atoms with Crippen LogP contribution in [0.4, 0.5) is 10.5 Å². The molecule has 110 valence electrons. The van der Waals surface area contributed by atoms with Gasteiger partial charge in [-0.1, -0.05) is 12.1 Å². The SMILES string of the molecule is O=C(NCCCn1ccnc1)Nc1ccccc1C(=O)O. The summed E-state index contributed by atoms with van der Waals surface area (Å²) >= 11 is 0. The van der Waals surface area contributed by atoms with Gasteiger partial charge in [-0.2, -0.15) is 0 Å². The van der Waals surface area contributed by atoms with Crippen molar-refractivity contribution in [1.82, 2.24) is 14.9 Å². The molecule has 0 saturated heterocycles. The molecule has 0 unspecified atom stereocenters. The second-order valence-electron chi connectivity index (χ2n) is 4.39. The number of carbonyl (C=O) groups excluding carboxylic acids is 1. The molecule has 1 aromatic heterocycles. The number of aromatic nitrogens is 2. The van der Waals surface area contributed by atoms with Crippen LogP contribution in [0.25, 0.3) is 0 Å². The minimum absolute atomic E-state index is 0.0612. The van der Waals surface area contributed by atoms with Crippen LogP contribution in [0.1, 0.15) is 16.8 Å². The Bertz CT molecular complexity index is 610. The minimum atomic E-state index is -1.08. The van der Waals surface area contributed by atoms with Gasteiger partial charge in [0.1, 0.15) is 0 Å². The molecule has 0 saturated carbocycles. The fourth-order valence-corrected chi connectivity index (χ4v) is 1.83. The Kier molecular flexibility index (Phi) is 4.92. The fraction of sp³-hybridized carbons (Fsp3) is 0.214. The van der Waals surface area contributed by atoms with E-state index in [1.807, 2.05) is 10.8 Å². The quantitative estimate of drug-likeness (QED) is 0.706. The Balaban J connectivity index is 1.78. The van der Waals surface area contributed by atoms with Crippen molar-refractivity contribution in [3.05, 3.63) is 48.5 Å². The average Bonchev–Trinajstić information content (AvgIpc) is 2.97. The molecule has 1 aromatic carbocycles. The molecular weight excluding hydrogens is 272 g/mol. The molecule has 0 radical (unpaired) electrons. The number of aromatic carboxylic acids is 1. The molecule has 0 fully saturated rings. The topological polar surface area (TPSA) is 96.3 Å². The van der Waals surface area contributed by atoms with Gasteiger partial charge in [0.25, 0.3) is 0 Å². The largest absolute Gasteiger partial charge is 0.478 e. The molecule has 0 spiro atoms. The number of imidazole rings is 1. The van der Waals surface area contributed by atoms with Crippen LogP contribution < -0.4 is 10.6 Å². The molecule has 1 heterocycles. The van der Waals surface area contributed by atoms with E-state index in [0.717, 1.165) is 13.0 Å². The van der Waals surface area contributed by atoms with Crippen LogP contribution in [0.3, 0.4) is 0 Å². The van der Waals surface area contributed by atoms with Crippen molar-refractivity contribution in [2.75, 3.05) is 11.9 Å². The zero-order valence-electron chi connectivity index (χ0n) is 11.3. The molecule has 0 aliphatic carbocycles. The van der Waals surface area contributed by atoms with Gasteiger partial charge in [0, 0.05) is 25.5 Å². The van der Waals surface area contributed by atoms with Crippen LogP contribution in [0, 0.1) is 0 Å².